The highest BCUT2D eigenvalue weighted by molar-refractivity contribution is 5.20. The maximum atomic E-state index is 13.0. The molecule has 1 saturated heterocycles. The van der Waals surface area contributed by atoms with Gasteiger partial charge in [-0.25, -0.2) is 4.39 Å². The molecule has 2 unspecified atom stereocenters. The Kier molecular flexibility index (Phi) is 3.34. The minimum Gasteiger partial charge on any atom is -0.387 e. The van der Waals surface area contributed by atoms with Crippen molar-refractivity contribution in [3.63, 3.8) is 0 Å². The maximum Gasteiger partial charge on any atom is 0.123 e. The largest absolute Gasteiger partial charge is 0.387 e. The zero-order valence-corrected chi connectivity index (χ0v) is 8.62. The van der Waals surface area contributed by atoms with Crippen LogP contribution in [0.15, 0.2) is 24.3 Å². The van der Waals surface area contributed by atoms with Crippen LogP contribution in [-0.4, -0.2) is 17.7 Å². The predicted molar refractivity (Wildman–Crippen MR) is 57.0 cm³/mol. The van der Waals surface area contributed by atoms with Gasteiger partial charge in [0.05, 0.1) is 6.10 Å². The summed E-state index contributed by atoms with van der Waals surface area (Å²) in [6.07, 6.45) is 2.65. The molecule has 2 N–H and O–H groups in total. The summed E-state index contributed by atoms with van der Waals surface area (Å²) in [5, 5.41) is 13.3. The van der Waals surface area contributed by atoms with Crippen molar-refractivity contribution in [2.75, 3.05) is 6.54 Å². The molecule has 2 rings (SSSR count). The first-order valence-corrected chi connectivity index (χ1v) is 5.44. The topological polar surface area (TPSA) is 32.3 Å². The molecule has 82 valence electrons. The first-order chi connectivity index (χ1) is 7.27. The Morgan fingerprint density at radius 1 is 1.40 bits per heavy atom. The minimum atomic E-state index is -0.596. The third kappa shape index (κ3) is 2.55. The second-order valence-corrected chi connectivity index (χ2v) is 4.06. The molecule has 2 nitrogen and oxygen atoms in total. The van der Waals surface area contributed by atoms with E-state index in [0.717, 1.165) is 25.8 Å². The molecule has 0 bridgehead atoms. The molecule has 0 spiro atoms. The van der Waals surface area contributed by atoms with Crippen molar-refractivity contribution in [3.05, 3.63) is 35.6 Å². The molecule has 0 aliphatic carbocycles. The molecule has 2 atom stereocenters. The van der Waals surface area contributed by atoms with Crippen LogP contribution in [0.3, 0.4) is 0 Å². The predicted octanol–water partition coefficient (Wildman–Crippen LogP) is 2.00. The third-order valence-electron chi connectivity index (χ3n) is 2.92. The Hall–Kier alpha value is -0.930. The minimum absolute atomic E-state index is 0.0700. The van der Waals surface area contributed by atoms with E-state index in [2.05, 4.69) is 5.32 Å². The Balaban J connectivity index is 2.08. The van der Waals surface area contributed by atoms with E-state index in [4.69, 9.17) is 0 Å². The second kappa shape index (κ2) is 4.73. The number of piperidine rings is 1. The second-order valence-electron chi connectivity index (χ2n) is 4.06. The van der Waals surface area contributed by atoms with Gasteiger partial charge in [-0.05, 0) is 37.1 Å². The van der Waals surface area contributed by atoms with Crippen LogP contribution in [0.25, 0.3) is 0 Å². The van der Waals surface area contributed by atoms with Gasteiger partial charge in [-0.1, -0.05) is 18.6 Å². The average Bonchev–Trinajstić information content (AvgIpc) is 2.29. The van der Waals surface area contributed by atoms with Crippen LogP contribution < -0.4 is 5.32 Å². The quantitative estimate of drug-likeness (QED) is 0.780. The van der Waals surface area contributed by atoms with Crippen molar-refractivity contribution in [2.24, 2.45) is 0 Å². The van der Waals surface area contributed by atoms with Gasteiger partial charge in [0, 0.05) is 6.04 Å². The van der Waals surface area contributed by atoms with E-state index in [9.17, 15) is 9.50 Å². The lowest BCUT2D eigenvalue weighted by Gasteiger charge is -2.28. The van der Waals surface area contributed by atoms with E-state index in [1.54, 1.807) is 12.1 Å². The molecule has 1 heterocycles. The number of benzene rings is 1. The molecule has 1 aromatic rings. The molecule has 1 fully saturated rings. The number of halogens is 1. The number of aliphatic hydroxyl groups is 1. The summed E-state index contributed by atoms with van der Waals surface area (Å²) >= 11 is 0. The first kappa shape index (κ1) is 10.6. The van der Waals surface area contributed by atoms with E-state index in [1.165, 1.54) is 12.1 Å². The molecule has 0 aromatic heterocycles. The van der Waals surface area contributed by atoms with Crippen LogP contribution in [-0.2, 0) is 0 Å². The molecule has 0 amide bonds. The van der Waals surface area contributed by atoms with Crippen LogP contribution in [0.2, 0.25) is 0 Å². The maximum absolute atomic E-state index is 13.0. The smallest absolute Gasteiger partial charge is 0.123 e. The van der Waals surface area contributed by atoms with Crippen molar-refractivity contribution in [3.8, 4) is 0 Å². The van der Waals surface area contributed by atoms with E-state index in [-0.39, 0.29) is 11.9 Å². The normalized spacial score (nSPS) is 23.7. The molecule has 0 saturated carbocycles. The van der Waals surface area contributed by atoms with Gasteiger partial charge in [0.1, 0.15) is 5.82 Å². The van der Waals surface area contributed by atoms with Crippen LogP contribution in [0, 0.1) is 5.82 Å². The van der Waals surface area contributed by atoms with Gasteiger partial charge in [-0.2, -0.15) is 0 Å². The van der Waals surface area contributed by atoms with Crippen molar-refractivity contribution in [1.29, 1.82) is 0 Å². The van der Waals surface area contributed by atoms with E-state index in [1.807, 2.05) is 0 Å². The highest BCUT2D eigenvalue weighted by atomic mass is 19.1. The molecule has 1 aliphatic rings. The molecule has 3 heteroatoms. The van der Waals surface area contributed by atoms with Gasteiger partial charge in [-0.3, -0.25) is 0 Å². The number of nitrogens with one attached hydrogen (secondary N) is 1. The van der Waals surface area contributed by atoms with Crippen LogP contribution >= 0.6 is 0 Å². The fourth-order valence-corrected chi connectivity index (χ4v) is 2.07. The SMILES string of the molecule is OC(c1cccc(F)c1)C1CCCCN1. The highest BCUT2D eigenvalue weighted by Crippen LogP contribution is 2.23. The Morgan fingerprint density at radius 2 is 2.27 bits per heavy atom. The van der Waals surface area contributed by atoms with Crippen LogP contribution in [0.5, 0.6) is 0 Å². The summed E-state index contributed by atoms with van der Waals surface area (Å²) < 4.78 is 13.0. The lowest BCUT2D eigenvalue weighted by molar-refractivity contribution is 0.113. The van der Waals surface area contributed by atoms with Crippen LogP contribution in [0.1, 0.15) is 30.9 Å². The zero-order chi connectivity index (χ0) is 10.7. The first-order valence-electron chi connectivity index (χ1n) is 5.44. The lowest BCUT2D eigenvalue weighted by Crippen LogP contribution is -2.38. The van der Waals surface area contributed by atoms with Gasteiger partial charge >= 0.3 is 0 Å². The fraction of sp³-hybridized carbons (Fsp3) is 0.500. The van der Waals surface area contributed by atoms with Gasteiger partial charge in [0.15, 0.2) is 0 Å². The van der Waals surface area contributed by atoms with Gasteiger partial charge < -0.3 is 10.4 Å². The monoisotopic (exact) mass is 209 g/mol. The summed E-state index contributed by atoms with van der Waals surface area (Å²) in [5.41, 5.74) is 0.661. The third-order valence-corrected chi connectivity index (χ3v) is 2.92. The van der Waals surface area contributed by atoms with Crippen LogP contribution in [0.4, 0.5) is 4.39 Å². The number of hydrogen-bond acceptors (Lipinski definition) is 2. The van der Waals surface area contributed by atoms with E-state index >= 15 is 0 Å². The standard InChI is InChI=1S/C12H16FNO/c13-10-5-3-4-9(8-10)12(15)11-6-1-2-7-14-11/h3-5,8,11-12,14-15H,1-2,6-7H2. The highest BCUT2D eigenvalue weighted by Gasteiger charge is 2.22. The molecular formula is C12H16FNO. The average molecular weight is 209 g/mol. The zero-order valence-electron chi connectivity index (χ0n) is 8.62. The Morgan fingerprint density at radius 3 is 2.93 bits per heavy atom. The summed E-state index contributed by atoms with van der Waals surface area (Å²) in [4.78, 5) is 0. The summed E-state index contributed by atoms with van der Waals surface area (Å²) in [5.74, 6) is -0.289. The number of hydrogen-bond donors (Lipinski definition) is 2. The van der Waals surface area contributed by atoms with E-state index in [0.29, 0.717) is 5.56 Å². The van der Waals surface area contributed by atoms with E-state index < -0.39 is 6.10 Å². The summed E-state index contributed by atoms with van der Waals surface area (Å²) in [6, 6.07) is 6.27. The number of aliphatic hydroxyl groups excluding tert-OH is 1. The Labute approximate surface area is 89.1 Å². The molecular weight excluding hydrogens is 193 g/mol. The van der Waals surface area contributed by atoms with Crippen molar-refractivity contribution in [2.45, 2.75) is 31.4 Å². The van der Waals surface area contributed by atoms with Crippen molar-refractivity contribution in [1.82, 2.24) is 5.32 Å². The molecule has 1 aromatic carbocycles. The molecule has 1 aliphatic heterocycles. The summed E-state index contributed by atoms with van der Waals surface area (Å²) in [6.45, 7) is 0.942. The lowest BCUT2D eigenvalue weighted by atomic mass is 9.95. The van der Waals surface area contributed by atoms with Gasteiger partial charge in [0.2, 0.25) is 0 Å². The number of rotatable bonds is 2. The summed E-state index contributed by atoms with van der Waals surface area (Å²) in [7, 11) is 0. The molecule has 0 radical (unpaired) electrons. The fourth-order valence-electron chi connectivity index (χ4n) is 2.07. The van der Waals surface area contributed by atoms with Gasteiger partial charge in [-0.15, -0.1) is 0 Å². The Bertz CT molecular complexity index is 323. The van der Waals surface area contributed by atoms with Crippen molar-refractivity contribution < 1.29 is 9.50 Å². The van der Waals surface area contributed by atoms with Crippen molar-refractivity contribution >= 4 is 0 Å². The molecule has 15 heavy (non-hydrogen) atoms. The van der Waals surface area contributed by atoms with Gasteiger partial charge in [0.25, 0.3) is 0 Å².